The Balaban J connectivity index is 1.70. The van der Waals surface area contributed by atoms with Crippen molar-refractivity contribution >= 4 is 35.0 Å². The number of ether oxygens (including phenoxy) is 2. The van der Waals surface area contributed by atoms with Crippen LogP contribution in [-0.4, -0.2) is 30.8 Å². The summed E-state index contributed by atoms with van der Waals surface area (Å²) in [4.78, 5) is 23.5. The number of benzene rings is 2. The maximum absolute atomic E-state index is 11.8. The van der Waals surface area contributed by atoms with Crippen molar-refractivity contribution in [1.29, 1.82) is 0 Å². The van der Waals surface area contributed by atoms with Crippen LogP contribution in [-0.2, 0) is 4.79 Å². The average molecular weight is 374 g/mol. The minimum absolute atomic E-state index is 0.0677. The smallest absolute Gasteiger partial charge is 0.337 e. The number of methoxy groups -OCH3 is 1. The first-order valence-electron chi connectivity index (χ1n) is 7.56. The summed E-state index contributed by atoms with van der Waals surface area (Å²) in [6, 6.07) is 15.3. The molecule has 136 valence electrons. The number of hydrogen-bond acceptors (Lipinski definition) is 5. The van der Waals surface area contributed by atoms with Crippen molar-refractivity contribution < 1.29 is 19.1 Å². The molecule has 0 aliphatic heterocycles. The van der Waals surface area contributed by atoms with Crippen LogP contribution in [0.2, 0.25) is 0 Å². The Labute approximate surface area is 155 Å². The van der Waals surface area contributed by atoms with Crippen LogP contribution in [0, 0.1) is 0 Å². The molecule has 8 nitrogen and oxygen atoms in total. The van der Waals surface area contributed by atoms with E-state index in [1.54, 1.807) is 48.5 Å². The highest BCUT2D eigenvalue weighted by molar-refractivity contribution is 7.80. The number of carbonyl (C=O) groups is 2. The van der Waals surface area contributed by atoms with Crippen LogP contribution in [0.15, 0.2) is 54.6 Å². The second-order valence-electron chi connectivity index (χ2n) is 4.89. The fraction of sp³-hybridized carbons (Fsp3) is 0.118. The maximum Gasteiger partial charge on any atom is 0.337 e. The van der Waals surface area contributed by atoms with E-state index in [0.717, 1.165) is 0 Å². The molecule has 0 aliphatic carbocycles. The van der Waals surface area contributed by atoms with Crippen LogP contribution in [0.1, 0.15) is 0 Å². The lowest BCUT2D eigenvalue weighted by Gasteiger charge is -2.13. The molecule has 26 heavy (non-hydrogen) atoms. The molecule has 0 heterocycles. The van der Waals surface area contributed by atoms with Gasteiger partial charge in [0.2, 0.25) is 0 Å². The fourth-order valence-corrected chi connectivity index (χ4v) is 2.04. The minimum atomic E-state index is -0.530. The number of para-hydroxylation sites is 3. The Morgan fingerprint density at radius 1 is 0.962 bits per heavy atom. The summed E-state index contributed by atoms with van der Waals surface area (Å²) in [6.45, 7) is -0.265. The Kier molecular flexibility index (Phi) is 7.19. The number of nitrogens with one attached hydrogen (secondary N) is 4. The molecule has 0 fully saturated rings. The molecule has 0 atom stereocenters. The maximum atomic E-state index is 11.8. The third-order valence-corrected chi connectivity index (χ3v) is 3.21. The van der Waals surface area contributed by atoms with Gasteiger partial charge < -0.3 is 14.8 Å². The molecule has 0 radical (unpaired) electrons. The molecule has 0 bridgehead atoms. The molecule has 0 saturated carbocycles. The van der Waals surface area contributed by atoms with Gasteiger partial charge in [-0.15, -0.1) is 0 Å². The van der Waals surface area contributed by atoms with Gasteiger partial charge >= 0.3 is 6.03 Å². The summed E-state index contributed by atoms with van der Waals surface area (Å²) in [5.41, 5.74) is 5.34. The van der Waals surface area contributed by atoms with Crippen molar-refractivity contribution in [2.24, 2.45) is 0 Å². The molecule has 2 aromatic carbocycles. The zero-order valence-electron chi connectivity index (χ0n) is 13.9. The van der Waals surface area contributed by atoms with Crippen LogP contribution >= 0.6 is 12.2 Å². The molecule has 4 N–H and O–H groups in total. The van der Waals surface area contributed by atoms with Gasteiger partial charge in [-0.1, -0.05) is 30.3 Å². The molecule has 0 aromatic heterocycles. The first-order chi connectivity index (χ1) is 12.6. The number of amides is 3. The number of thiocarbonyl (C=S) groups is 1. The quantitative estimate of drug-likeness (QED) is 0.470. The highest BCUT2D eigenvalue weighted by atomic mass is 32.1. The zero-order chi connectivity index (χ0) is 18.8. The third kappa shape index (κ3) is 6.29. The number of hydrogen-bond donors (Lipinski definition) is 4. The van der Waals surface area contributed by atoms with Crippen molar-refractivity contribution in [2.45, 2.75) is 0 Å². The highest BCUT2D eigenvalue weighted by Crippen LogP contribution is 2.25. The van der Waals surface area contributed by atoms with E-state index in [2.05, 4.69) is 21.5 Å². The van der Waals surface area contributed by atoms with E-state index in [-0.39, 0.29) is 11.7 Å². The lowest BCUT2D eigenvalue weighted by atomic mass is 10.3. The van der Waals surface area contributed by atoms with E-state index in [9.17, 15) is 9.59 Å². The van der Waals surface area contributed by atoms with Gasteiger partial charge in [0.15, 0.2) is 23.2 Å². The molecule has 0 spiro atoms. The summed E-state index contributed by atoms with van der Waals surface area (Å²) in [6.07, 6.45) is 0. The van der Waals surface area contributed by atoms with Crippen LogP contribution in [0.4, 0.5) is 10.5 Å². The van der Waals surface area contributed by atoms with Crippen LogP contribution in [0.25, 0.3) is 0 Å². The van der Waals surface area contributed by atoms with E-state index < -0.39 is 11.9 Å². The monoisotopic (exact) mass is 374 g/mol. The predicted octanol–water partition coefficient (Wildman–Crippen LogP) is 1.80. The summed E-state index contributed by atoms with van der Waals surface area (Å²) in [5.74, 6) is 0.461. The van der Waals surface area contributed by atoms with Gasteiger partial charge in [-0.25, -0.2) is 10.2 Å². The van der Waals surface area contributed by atoms with Gasteiger partial charge in [0.25, 0.3) is 5.91 Å². The standard InChI is InChI=1S/C17H18N4O4S/c1-24-13-9-5-6-10-14(13)25-11-15(22)19-17(26)21-20-16(23)18-12-7-3-2-4-8-12/h2-10H,11H2,1H3,(H2,18,20,23)(H2,19,21,22,26). The molecule has 0 aliphatic rings. The fourth-order valence-electron chi connectivity index (χ4n) is 1.87. The summed E-state index contributed by atoms with van der Waals surface area (Å²) < 4.78 is 10.5. The average Bonchev–Trinajstić information content (AvgIpc) is 2.66. The Morgan fingerprint density at radius 2 is 1.62 bits per heavy atom. The van der Waals surface area contributed by atoms with E-state index in [4.69, 9.17) is 21.7 Å². The number of hydrazine groups is 1. The summed E-state index contributed by atoms with van der Waals surface area (Å²) in [7, 11) is 1.51. The second-order valence-corrected chi connectivity index (χ2v) is 5.30. The normalized spacial score (nSPS) is 9.58. The molecule has 9 heteroatoms. The third-order valence-electron chi connectivity index (χ3n) is 3.00. The molecular weight excluding hydrogens is 356 g/mol. The Hall–Kier alpha value is -3.33. The van der Waals surface area contributed by atoms with Gasteiger partial charge in [-0.05, 0) is 36.5 Å². The Morgan fingerprint density at radius 3 is 2.31 bits per heavy atom. The van der Waals surface area contributed by atoms with Gasteiger partial charge in [-0.3, -0.25) is 15.5 Å². The van der Waals surface area contributed by atoms with Crippen molar-refractivity contribution in [1.82, 2.24) is 16.2 Å². The highest BCUT2D eigenvalue weighted by Gasteiger charge is 2.09. The van der Waals surface area contributed by atoms with Crippen LogP contribution in [0.3, 0.4) is 0 Å². The van der Waals surface area contributed by atoms with E-state index in [1.165, 1.54) is 7.11 Å². The van der Waals surface area contributed by atoms with Crippen molar-refractivity contribution in [3.8, 4) is 11.5 Å². The molecule has 2 aromatic rings. The summed E-state index contributed by atoms with van der Waals surface area (Å²) >= 11 is 4.93. The molecular formula is C17H18N4O4S. The first-order valence-corrected chi connectivity index (χ1v) is 7.97. The van der Waals surface area contributed by atoms with Gasteiger partial charge in [0, 0.05) is 5.69 Å². The van der Waals surface area contributed by atoms with Crippen molar-refractivity contribution in [3.05, 3.63) is 54.6 Å². The number of anilines is 1. The SMILES string of the molecule is COc1ccccc1OCC(=O)NC(=S)NNC(=O)Nc1ccccc1. The number of urea groups is 1. The summed E-state index contributed by atoms with van der Waals surface area (Å²) in [5, 5.41) is 4.90. The molecule has 0 saturated heterocycles. The lowest BCUT2D eigenvalue weighted by molar-refractivity contribution is -0.121. The number of rotatable bonds is 5. The van der Waals surface area contributed by atoms with Crippen LogP contribution < -0.4 is 31.0 Å². The van der Waals surface area contributed by atoms with E-state index in [1.807, 2.05) is 6.07 Å². The minimum Gasteiger partial charge on any atom is -0.493 e. The van der Waals surface area contributed by atoms with Crippen molar-refractivity contribution in [3.63, 3.8) is 0 Å². The van der Waals surface area contributed by atoms with Gasteiger partial charge in [0.05, 0.1) is 7.11 Å². The molecule has 0 unspecified atom stereocenters. The lowest BCUT2D eigenvalue weighted by Crippen LogP contribution is -2.50. The van der Waals surface area contributed by atoms with E-state index >= 15 is 0 Å². The first kappa shape index (κ1) is 19.0. The van der Waals surface area contributed by atoms with Crippen LogP contribution in [0.5, 0.6) is 11.5 Å². The second kappa shape index (κ2) is 9.84. The van der Waals surface area contributed by atoms with E-state index in [0.29, 0.717) is 17.2 Å². The Bertz CT molecular complexity index is 770. The largest absolute Gasteiger partial charge is 0.493 e. The number of carbonyl (C=O) groups excluding carboxylic acids is 2. The molecule has 2 rings (SSSR count). The van der Waals surface area contributed by atoms with Gasteiger partial charge in [0.1, 0.15) is 0 Å². The zero-order valence-corrected chi connectivity index (χ0v) is 14.8. The molecule has 3 amide bonds. The van der Waals surface area contributed by atoms with Gasteiger partial charge in [-0.2, -0.15) is 0 Å². The predicted molar refractivity (Wildman–Crippen MR) is 101 cm³/mol. The topological polar surface area (TPSA) is 101 Å². The van der Waals surface area contributed by atoms with Crippen molar-refractivity contribution in [2.75, 3.05) is 19.0 Å².